The van der Waals surface area contributed by atoms with Crippen molar-refractivity contribution < 1.29 is 12.8 Å². The first kappa shape index (κ1) is 16.4. The lowest BCUT2D eigenvalue weighted by atomic mass is 10.1. The molecule has 1 N–H and O–H groups in total. The summed E-state index contributed by atoms with van der Waals surface area (Å²) in [5.41, 5.74) is 0.855. The third kappa shape index (κ3) is 3.62. The molecule has 0 unspecified atom stereocenters. The molecule has 1 saturated heterocycles. The minimum Gasteiger partial charge on any atom is -0.316 e. The maximum atomic E-state index is 14.0. The molecule has 118 valence electrons. The van der Waals surface area contributed by atoms with Crippen LogP contribution in [0, 0.1) is 12.7 Å². The maximum Gasteiger partial charge on any atom is 0.243 e. The summed E-state index contributed by atoms with van der Waals surface area (Å²) >= 11 is 0. The lowest BCUT2D eigenvalue weighted by molar-refractivity contribution is 0.422. The van der Waals surface area contributed by atoms with Gasteiger partial charge < -0.3 is 5.32 Å². The molecule has 0 radical (unpaired) electrons. The molecule has 0 amide bonds. The van der Waals surface area contributed by atoms with E-state index in [0.29, 0.717) is 25.2 Å². The van der Waals surface area contributed by atoms with E-state index in [0.717, 1.165) is 25.7 Å². The molecule has 1 aliphatic heterocycles. The zero-order valence-electron chi connectivity index (χ0n) is 12.7. The van der Waals surface area contributed by atoms with Gasteiger partial charge in [-0.05, 0) is 44.5 Å². The molecule has 21 heavy (non-hydrogen) atoms. The van der Waals surface area contributed by atoms with E-state index < -0.39 is 15.8 Å². The highest BCUT2D eigenvalue weighted by molar-refractivity contribution is 7.89. The van der Waals surface area contributed by atoms with Crippen LogP contribution in [0.3, 0.4) is 0 Å². The summed E-state index contributed by atoms with van der Waals surface area (Å²) in [6.07, 6.45) is 3.85. The average molecular weight is 314 g/mol. The minimum absolute atomic E-state index is 0.106. The van der Waals surface area contributed by atoms with E-state index in [1.54, 1.807) is 13.1 Å². The first-order chi connectivity index (χ1) is 9.96. The van der Waals surface area contributed by atoms with Gasteiger partial charge in [0.2, 0.25) is 10.0 Å². The van der Waals surface area contributed by atoms with Gasteiger partial charge in [-0.25, -0.2) is 12.8 Å². The van der Waals surface area contributed by atoms with Crippen LogP contribution < -0.4 is 5.32 Å². The molecule has 2 rings (SSSR count). The van der Waals surface area contributed by atoms with Crippen LogP contribution in [0.2, 0.25) is 0 Å². The summed E-state index contributed by atoms with van der Waals surface area (Å²) in [6.45, 7) is 3.03. The zero-order valence-corrected chi connectivity index (χ0v) is 13.5. The van der Waals surface area contributed by atoms with Gasteiger partial charge in [0.1, 0.15) is 5.82 Å². The van der Waals surface area contributed by atoms with Gasteiger partial charge in [0.15, 0.2) is 0 Å². The Morgan fingerprint density at radius 3 is 2.38 bits per heavy atom. The summed E-state index contributed by atoms with van der Waals surface area (Å²) in [5, 5.41) is 2.92. The molecule has 1 aromatic carbocycles. The van der Waals surface area contributed by atoms with Gasteiger partial charge in [-0.3, -0.25) is 0 Å². The molecule has 0 atom stereocenters. The van der Waals surface area contributed by atoms with Crippen molar-refractivity contribution in [3.8, 4) is 0 Å². The van der Waals surface area contributed by atoms with Crippen LogP contribution in [0.4, 0.5) is 4.39 Å². The summed E-state index contributed by atoms with van der Waals surface area (Å²) in [7, 11) is -1.86. The third-order valence-electron chi connectivity index (χ3n) is 3.92. The second-order valence-corrected chi connectivity index (χ2v) is 7.46. The predicted molar refractivity (Wildman–Crippen MR) is 81.1 cm³/mol. The quantitative estimate of drug-likeness (QED) is 0.928. The lowest BCUT2D eigenvalue weighted by Crippen LogP contribution is -2.32. The van der Waals surface area contributed by atoms with Gasteiger partial charge in [-0.2, -0.15) is 4.31 Å². The Kier molecular flexibility index (Phi) is 5.35. The molecule has 1 fully saturated rings. The first-order valence-corrected chi connectivity index (χ1v) is 8.84. The monoisotopic (exact) mass is 314 g/mol. The number of rotatable bonds is 4. The SMILES string of the molecule is CNCc1cc(F)c(C)c(S(=O)(=O)N2CCCCCC2)c1. The number of hydrogen-bond donors (Lipinski definition) is 1. The molecular formula is C15H23FN2O2S. The third-order valence-corrected chi connectivity index (χ3v) is 5.95. The van der Waals surface area contributed by atoms with Gasteiger partial charge in [0.05, 0.1) is 4.90 Å². The number of sulfonamides is 1. The maximum absolute atomic E-state index is 14.0. The topological polar surface area (TPSA) is 49.4 Å². The summed E-state index contributed by atoms with van der Waals surface area (Å²) < 4.78 is 41.2. The van der Waals surface area contributed by atoms with Crippen molar-refractivity contribution in [2.24, 2.45) is 0 Å². The highest BCUT2D eigenvalue weighted by atomic mass is 32.2. The smallest absolute Gasteiger partial charge is 0.243 e. The predicted octanol–water partition coefficient (Wildman–Crippen LogP) is 2.42. The second-order valence-electron chi connectivity index (χ2n) is 5.55. The Balaban J connectivity index is 2.42. The van der Waals surface area contributed by atoms with E-state index >= 15 is 0 Å². The van der Waals surface area contributed by atoms with Gasteiger partial charge in [-0.15, -0.1) is 0 Å². The van der Waals surface area contributed by atoms with Crippen molar-refractivity contribution >= 4 is 10.0 Å². The Morgan fingerprint density at radius 2 is 1.81 bits per heavy atom. The van der Waals surface area contributed by atoms with E-state index in [9.17, 15) is 12.8 Å². The van der Waals surface area contributed by atoms with Crippen molar-refractivity contribution in [2.75, 3.05) is 20.1 Å². The Labute approximate surface area is 126 Å². The van der Waals surface area contributed by atoms with Crippen molar-refractivity contribution in [1.29, 1.82) is 0 Å². The lowest BCUT2D eigenvalue weighted by Gasteiger charge is -2.21. The van der Waals surface area contributed by atoms with Crippen LogP contribution in [0.1, 0.15) is 36.8 Å². The first-order valence-electron chi connectivity index (χ1n) is 7.40. The van der Waals surface area contributed by atoms with Gasteiger partial charge >= 0.3 is 0 Å². The average Bonchev–Trinajstić information content (AvgIpc) is 2.72. The normalized spacial score (nSPS) is 17.7. The summed E-state index contributed by atoms with van der Waals surface area (Å²) in [4.78, 5) is 0.106. The molecule has 1 aromatic rings. The molecular weight excluding hydrogens is 291 g/mol. The van der Waals surface area contributed by atoms with E-state index in [1.807, 2.05) is 0 Å². The Bertz CT molecular complexity index is 594. The molecule has 0 saturated carbocycles. The summed E-state index contributed by atoms with van der Waals surface area (Å²) in [5.74, 6) is -0.462. The van der Waals surface area contributed by atoms with E-state index in [2.05, 4.69) is 5.32 Å². The number of hydrogen-bond acceptors (Lipinski definition) is 3. The Hall–Kier alpha value is -0.980. The van der Waals surface area contributed by atoms with E-state index in [4.69, 9.17) is 0 Å². The standard InChI is InChI=1S/C15H23FN2O2S/c1-12-14(16)9-13(11-17-2)10-15(12)21(19,20)18-7-5-3-4-6-8-18/h9-10,17H,3-8,11H2,1-2H3. The van der Waals surface area contributed by atoms with Crippen LogP contribution in [0.25, 0.3) is 0 Å². The number of halogens is 1. The largest absolute Gasteiger partial charge is 0.316 e. The molecule has 0 aromatic heterocycles. The van der Waals surface area contributed by atoms with Crippen molar-refractivity contribution in [3.63, 3.8) is 0 Å². The van der Waals surface area contributed by atoms with Crippen LogP contribution >= 0.6 is 0 Å². The number of benzene rings is 1. The molecule has 1 aliphatic rings. The molecule has 6 heteroatoms. The van der Waals surface area contributed by atoms with Gasteiger partial charge in [0, 0.05) is 25.2 Å². The van der Waals surface area contributed by atoms with Gasteiger partial charge in [-0.1, -0.05) is 12.8 Å². The number of nitrogens with zero attached hydrogens (tertiary/aromatic N) is 1. The fourth-order valence-corrected chi connectivity index (χ4v) is 4.50. The highest BCUT2D eigenvalue weighted by Crippen LogP contribution is 2.26. The van der Waals surface area contributed by atoms with Crippen molar-refractivity contribution in [3.05, 3.63) is 29.1 Å². The van der Waals surface area contributed by atoms with Crippen LogP contribution in [-0.2, 0) is 16.6 Å². The van der Waals surface area contributed by atoms with E-state index in [1.165, 1.54) is 17.3 Å². The molecule has 4 nitrogen and oxygen atoms in total. The van der Waals surface area contributed by atoms with Crippen LogP contribution in [-0.4, -0.2) is 32.9 Å². The van der Waals surface area contributed by atoms with Gasteiger partial charge in [0.25, 0.3) is 0 Å². The fraction of sp³-hybridized carbons (Fsp3) is 0.600. The molecule has 0 bridgehead atoms. The molecule has 1 heterocycles. The van der Waals surface area contributed by atoms with Crippen molar-refractivity contribution in [1.82, 2.24) is 9.62 Å². The van der Waals surface area contributed by atoms with Crippen molar-refractivity contribution in [2.45, 2.75) is 44.0 Å². The minimum atomic E-state index is -3.61. The van der Waals surface area contributed by atoms with E-state index in [-0.39, 0.29) is 10.5 Å². The highest BCUT2D eigenvalue weighted by Gasteiger charge is 2.28. The number of nitrogens with one attached hydrogen (secondary N) is 1. The zero-order chi connectivity index (χ0) is 15.5. The van der Waals surface area contributed by atoms with Crippen LogP contribution in [0.15, 0.2) is 17.0 Å². The summed E-state index contributed by atoms with van der Waals surface area (Å²) in [6, 6.07) is 2.99. The van der Waals surface area contributed by atoms with Crippen LogP contribution in [0.5, 0.6) is 0 Å². The molecule has 0 aliphatic carbocycles. The fourth-order valence-electron chi connectivity index (χ4n) is 2.70. The Morgan fingerprint density at radius 1 is 1.19 bits per heavy atom. The second kappa shape index (κ2) is 6.85. The molecule has 0 spiro atoms.